The lowest BCUT2D eigenvalue weighted by atomic mass is 10.2. The number of hydrogen-bond acceptors (Lipinski definition) is 4. The van der Waals surface area contributed by atoms with Crippen LogP contribution in [-0.2, 0) is 16.1 Å². The molecule has 1 unspecified atom stereocenters. The van der Waals surface area contributed by atoms with Gasteiger partial charge in [-0.15, -0.1) is 0 Å². The number of rotatable bonds is 7. The summed E-state index contributed by atoms with van der Waals surface area (Å²) in [4.78, 5) is 24.6. The maximum absolute atomic E-state index is 11.9. The molecule has 1 saturated carbocycles. The van der Waals surface area contributed by atoms with Gasteiger partial charge in [-0.2, -0.15) is 11.3 Å². The van der Waals surface area contributed by atoms with Gasteiger partial charge in [0.05, 0.1) is 6.54 Å². The average molecular weight is 282 g/mol. The molecule has 104 valence electrons. The Bertz CT molecular complexity index is 443. The number of nitrogens with one attached hydrogen (secondary N) is 1. The summed E-state index contributed by atoms with van der Waals surface area (Å²) < 4.78 is 0. The van der Waals surface area contributed by atoms with E-state index in [0.29, 0.717) is 6.54 Å². The molecule has 2 rings (SSSR count). The lowest BCUT2D eigenvalue weighted by molar-refractivity contribution is -0.140. The number of amides is 1. The minimum absolute atomic E-state index is 0.0775. The summed E-state index contributed by atoms with van der Waals surface area (Å²) in [7, 11) is 1.73. The Morgan fingerprint density at radius 1 is 1.58 bits per heavy atom. The van der Waals surface area contributed by atoms with Gasteiger partial charge in [0.1, 0.15) is 6.04 Å². The molecule has 1 amide bonds. The molecule has 1 heterocycles. The number of aliphatic carboxylic acids is 1. The minimum Gasteiger partial charge on any atom is -0.480 e. The van der Waals surface area contributed by atoms with E-state index < -0.39 is 12.0 Å². The maximum atomic E-state index is 11.9. The van der Waals surface area contributed by atoms with Crippen LogP contribution < -0.4 is 5.32 Å². The fourth-order valence-corrected chi connectivity index (χ4v) is 2.62. The zero-order chi connectivity index (χ0) is 13.8. The van der Waals surface area contributed by atoms with Crippen LogP contribution in [0.25, 0.3) is 0 Å². The smallest absolute Gasteiger partial charge is 0.320 e. The summed E-state index contributed by atoms with van der Waals surface area (Å²) >= 11 is 1.60. The molecule has 0 saturated heterocycles. The highest BCUT2D eigenvalue weighted by atomic mass is 32.1. The quantitative estimate of drug-likeness (QED) is 0.787. The Hall–Kier alpha value is -1.40. The van der Waals surface area contributed by atoms with E-state index >= 15 is 0 Å². The Morgan fingerprint density at radius 2 is 2.32 bits per heavy atom. The number of carbonyl (C=O) groups excluding carboxylic acids is 1. The van der Waals surface area contributed by atoms with Gasteiger partial charge in [-0.05, 0) is 41.1 Å². The highest BCUT2D eigenvalue weighted by molar-refractivity contribution is 7.07. The summed E-state index contributed by atoms with van der Waals surface area (Å²) in [6, 6.07) is 1.39. The molecule has 0 radical (unpaired) electrons. The summed E-state index contributed by atoms with van der Waals surface area (Å²) in [6.07, 6.45) is 1.87. The lowest BCUT2D eigenvalue weighted by Crippen LogP contribution is -2.44. The van der Waals surface area contributed by atoms with Crippen LogP contribution in [0.5, 0.6) is 0 Å². The molecule has 1 aliphatic carbocycles. The van der Waals surface area contributed by atoms with Gasteiger partial charge in [-0.1, -0.05) is 0 Å². The number of carboxylic acid groups (broad SMARTS) is 1. The zero-order valence-electron chi connectivity index (χ0n) is 10.8. The molecule has 1 aromatic rings. The van der Waals surface area contributed by atoms with Crippen LogP contribution in [0.4, 0.5) is 0 Å². The molecule has 0 aliphatic heterocycles. The lowest BCUT2D eigenvalue weighted by Gasteiger charge is -2.19. The number of thiophene rings is 1. The van der Waals surface area contributed by atoms with E-state index in [1.54, 1.807) is 23.3 Å². The third-order valence-electron chi connectivity index (χ3n) is 3.26. The van der Waals surface area contributed by atoms with E-state index in [4.69, 9.17) is 5.11 Å². The van der Waals surface area contributed by atoms with Crippen molar-refractivity contribution in [3.05, 3.63) is 22.4 Å². The van der Waals surface area contributed by atoms with Gasteiger partial charge in [0.2, 0.25) is 5.91 Å². The second kappa shape index (κ2) is 6.16. The minimum atomic E-state index is -0.865. The molecule has 0 bridgehead atoms. The van der Waals surface area contributed by atoms with Gasteiger partial charge < -0.3 is 10.0 Å². The van der Waals surface area contributed by atoms with Crippen molar-refractivity contribution in [2.45, 2.75) is 25.4 Å². The fourth-order valence-electron chi connectivity index (χ4n) is 1.96. The van der Waals surface area contributed by atoms with Crippen LogP contribution in [0.15, 0.2) is 16.8 Å². The molecule has 6 heteroatoms. The van der Waals surface area contributed by atoms with E-state index in [1.807, 2.05) is 16.8 Å². The molecular formula is C13H18N2O3S. The van der Waals surface area contributed by atoms with Crippen molar-refractivity contribution in [3.63, 3.8) is 0 Å². The van der Waals surface area contributed by atoms with Crippen LogP contribution in [0.1, 0.15) is 18.4 Å². The van der Waals surface area contributed by atoms with Crippen molar-refractivity contribution < 1.29 is 14.7 Å². The summed E-state index contributed by atoms with van der Waals surface area (Å²) in [6.45, 7) is 0.638. The van der Waals surface area contributed by atoms with Crippen molar-refractivity contribution >= 4 is 23.2 Å². The molecule has 0 aromatic carbocycles. The topological polar surface area (TPSA) is 69.6 Å². The SMILES string of the molecule is CN(Cc1ccsc1)C(=O)CNC(C(=O)O)C1CC1. The number of nitrogens with zero attached hydrogens (tertiary/aromatic N) is 1. The number of carboxylic acids is 1. The van der Waals surface area contributed by atoms with Gasteiger partial charge in [0, 0.05) is 13.6 Å². The van der Waals surface area contributed by atoms with Crippen LogP contribution in [0.3, 0.4) is 0 Å². The fraction of sp³-hybridized carbons (Fsp3) is 0.538. The van der Waals surface area contributed by atoms with Crippen molar-refractivity contribution in [3.8, 4) is 0 Å². The van der Waals surface area contributed by atoms with Crippen LogP contribution in [0, 0.1) is 5.92 Å². The predicted molar refractivity (Wildman–Crippen MR) is 72.9 cm³/mol. The second-order valence-corrected chi connectivity index (χ2v) is 5.70. The van der Waals surface area contributed by atoms with E-state index in [2.05, 4.69) is 5.32 Å². The molecule has 1 atom stereocenters. The third kappa shape index (κ3) is 4.04. The summed E-state index contributed by atoms with van der Waals surface area (Å²) in [5.74, 6) is -0.763. The van der Waals surface area contributed by atoms with Gasteiger partial charge in [-0.25, -0.2) is 0 Å². The first-order valence-corrected chi connectivity index (χ1v) is 7.23. The monoisotopic (exact) mass is 282 g/mol. The molecule has 1 aliphatic rings. The van der Waals surface area contributed by atoms with E-state index in [0.717, 1.165) is 18.4 Å². The first-order chi connectivity index (χ1) is 9.08. The number of hydrogen-bond donors (Lipinski definition) is 2. The van der Waals surface area contributed by atoms with Crippen LogP contribution in [-0.4, -0.2) is 41.5 Å². The number of carbonyl (C=O) groups is 2. The molecule has 2 N–H and O–H groups in total. The van der Waals surface area contributed by atoms with Crippen LogP contribution in [0.2, 0.25) is 0 Å². The van der Waals surface area contributed by atoms with E-state index in [-0.39, 0.29) is 18.4 Å². The highest BCUT2D eigenvalue weighted by Crippen LogP contribution is 2.32. The van der Waals surface area contributed by atoms with Crippen molar-refractivity contribution in [2.75, 3.05) is 13.6 Å². The van der Waals surface area contributed by atoms with Gasteiger partial charge in [0.25, 0.3) is 0 Å². The molecule has 1 fully saturated rings. The Kier molecular flexibility index (Phi) is 4.55. The molecule has 19 heavy (non-hydrogen) atoms. The number of likely N-dealkylation sites (N-methyl/N-ethyl adjacent to an activating group) is 1. The first-order valence-electron chi connectivity index (χ1n) is 6.29. The van der Waals surface area contributed by atoms with Crippen molar-refractivity contribution in [1.82, 2.24) is 10.2 Å². The Balaban J connectivity index is 1.78. The van der Waals surface area contributed by atoms with Gasteiger partial charge in [0.15, 0.2) is 0 Å². The van der Waals surface area contributed by atoms with Gasteiger partial charge >= 0.3 is 5.97 Å². The first kappa shape index (κ1) is 14.0. The Labute approximate surface area is 116 Å². The Morgan fingerprint density at radius 3 is 2.84 bits per heavy atom. The van der Waals surface area contributed by atoms with Crippen molar-refractivity contribution in [2.24, 2.45) is 5.92 Å². The molecule has 1 aromatic heterocycles. The van der Waals surface area contributed by atoms with Crippen molar-refractivity contribution in [1.29, 1.82) is 0 Å². The third-order valence-corrected chi connectivity index (χ3v) is 3.99. The summed E-state index contributed by atoms with van der Waals surface area (Å²) in [5.41, 5.74) is 1.10. The predicted octanol–water partition coefficient (Wildman–Crippen LogP) is 1.16. The highest BCUT2D eigenvalue weighted by Gasteiger charge is 2.36. The molecule has 5 nitrogen and oxygen atoms in total. The van der Waals surface area contributed by atoms with Gasteiger partial charge in [-0.3, -0.25) is 14.9 Å². The zero-order valence-corrected chi connectivity index (χ0v) is 11.7. The molecule has 0 spiro atoms. The van der Waals surface area contributed by atoms with Crippen LogP contribution >= 0.6 is 11.3 Å². The summed E-state index contributed by atoms with van der Waals surface area (Å²) in [5, 5.41) is 15.9. The standard InChI is InChI=1S/C13H18N2O3S/c1-15(7-9-4-5-19-8-9)11(16)6-14-12(13(17)18)10-2-3-10/h4-5,8,10,12,14H,2-3,6-7H2,1H3,(H,17,18). The largest absolute Gasteiger partial charge is 0.480 e. The van der Waals surface area contributed by atoms with E-state index in [9.17, 15) is 9.59 Å². The molecular weight excluding hydrogens is 264 g/mol. The van der Waals surface area contributed by atoms with E-state index in [1.165, 1.54) is 0 Å². The second-order valence-electron chi connectivity index (χ2n) is 4.92. The maximum Gasteiger partial charge on any atom is 0.320 e. The normalized spacial score (nSPS) is 16.1. The average Bonchev–Trinajstić information content (AvgIpc) is 3.06.